The molecular formula is C18H19BrF2N4. The molecule has 0 bridgehead atoms. The monoisotopic (exact) mass is 408 g/mol. The lowest BCUT2D eigenvalue weighted by atomic mass is 9.97. The van der Waals surface area contributed by atoms with E-state index in [9.17, 15) is 8.78 Å². The summed E-state index contributed by atoms with van der Waals surface area (Å²) in [6, 6.07) is 7.40. The Kier molecular flexibility index (Phi) is 4.77. The summed E-state index contributed by atoms with van der Waals surface area (Å²) in [5, 5.41) is 11.6. The van der Waals surface area contributed by atoms with Crippen molar-refractivity contribution < 1.29 is 8.78 Å². The third-order valence-corrected chi connectivity index (χ3v) is 4.54. The predicted octanol–water partition coefficient (Wildman–Crippen LogP) is 5.13. The van der Waals surface area contributed by atoms with Crippen LogP contribution in [0.4, 0.5) is 14.5 Å². The Morgan fingerprint density at radius 3 is 2.60 bits per heavy atom. The molecule has 4 nitrogen and oxygen atoms in total. The molecule has 0 spiro atoms. The van der Waals surface area contributed by atoms with Crippen molar-refractivity contribution in [2.75, 3.05) is 5.32 Å². The molecule has 0 aliphatic rings. The van der Waals surface area contributed by atoms with Gasteiger partial charge in [0.1, 0.15) is 17.2 Å². The lowest BCUT2D eigenvalue weighted by molar-refractivity contribution is 0.327. The van der Waals surface area contributed by atoms with E-state index < -0.39 is 11.6 Å². The Morgan fingerprint density at radius 1 is 1.16 bits per heavy atom. The number of nitrogens with zero attached hydrogens (tertiary/aromatic N) is 3. The van der Waals surface area contributed by atoms with Gasteiger partial charge in [-0.15, -0.1) is 5.10 Å². The number of rotatable bonds is 4. The van der Waals surface area contributed by atoms with Crippen LogP contribution in [0, 0.1) is 17.0 Å². The molecule has 3 aromatic rings. The molecular weight excluding hydrogens is 390 g/mol. The SMILES string of the molecule is CC(C)(C)Cn1nnc2c(Br)c(NCc3ccc(F)cc3F)ccc21. The van der Waals surface area contributed by atoms with Crippen LogP contribution in [0.5, 0.6) is 0 Å². The van der Waals surface area contributed by atoms with Gasteiger partial charge in [0.05, 0.1) is 15.7 Å². The summed E-state index contributed by atoms with van der Waals surface area (Å²) in [6.45, 7) is 7.42. The average molecular weight is 409 g/mol. The molecule has 3 rings (SSSR count). The van der Waals surface area contributed by atoms with Crippen molar-refractivity contribution in [3.8, 4) is 0 Å². The lowest BCUT2D eigenvalue weighted by Gasteiger charge is -2.18. The maximum atomic E-state index is 13.8. The second-order valence-corrected chi connectivity index (χ2v) is 7.98. The van der Waals surface area contributed by atoms with Crippen LogP contribution in [0.15, 0.2) is 34.8 Å². The average Bonchev–Trinajstić information content (AvgIpc) is 2.90. The van der Waals surface area contributed by atoms with Gasteiger partial charge in [-0.2, -0.15) is 0 Å². The highest BCUT2D eigenvalue weighted by Gasteiger charge is 2.17. The van der Waals surface area contributed by atoms with Crippen LogP contribution in [0.2, 0.25) is 0 Å². The number of anilines is 1. The molecule has 0 aliphatic heterocycles. The Labute approximate surface area is 153 Å². The van der Waals surface area contributed by atoms with Crippen molar-refractivity contribution in [3.05, 3.63) is 52.0 Å². The highest BCUT2D eigenvalue weighted by atomic mass is 79.9. The molecule has 1 N–H and O–H groups in total. The molecule has 0 aliphatic carbocycles. The molecule has 0 saturated heterocycles. The minimum atomic E-state index is -0.584. The van der Waals surface area contributed by atoms with Gasteiger partial charge < -0.3 is 5.32 Å². The molecule has 0 saturated carbocycles. The molecule has 0 atom stereocenters. The van der Waals surface area contributed by atoms with Gasteiger partial charge in [-0.3, -0.25) is 0 Å². The lowest BCUT2D eigenvalue weighted by Crippen LogP contribution is -2.16. The second-order valence-electron chi connectivity index (χ2n) is 7.19. The van der Waals surface area contributed by atoms with Crippen LogP contribution in [-0.2, 0) is 13.1 Å². The van der Waals surface area contributed by atoms with Crippen LogP contribution in [0.25, 0.3) is 11.0 Å². The van der Waals surface area contributed by atoms with E-state index in [1.165, 1.54) is 12.1 Å². The number of benzene rings is 2. The largest absolute Gasteiger partial charge is 0.380 e. The van der Waals surface area contributed by atoms with Crippen LogP contribution in [0.1, 0.15) is 26.3 Å². The van der Waals surface area contributed by atoms with Crippen molar-refractivity contribution >= 4 is 32.7 Å². The number of hydrogen-bond donors (Lipinski definition) is 1. The topological polar surface area (TPSA) is 42.7 Å². The first kappa shape index (κ1) is 17.8. The Balaban J connectivity index is 1.84. The zero-order valence-electron chi connectivity index (χ0n) is 14.3. The van der Waals surface area contributed by atoms with Crippen molar-refractivity contribution in [1.29, 1.82) is 0 Å². The molecule has 0 unspecified atom stereocenters. The van der Waals surface area contributed by atoms with Gasteiger partial charge in [0.2, 0.25) is 0 Å². The van der Waals surface area contributed by atoms with Crippen LogP contribution >= 0.6 is 15.9 Å². The number of aromatic nitrogens is 3. The normalized spacial score (nSPS) is 11.9. The first-order valence-corrected chi connectivity index (χ1v) is 8.73. The summed E-state index contributed by atoms with van der Waals surface area (Å²) < 4.78 is 29.4. The van der Waals surface area contributed by atoms with E-state index in [-0.39, 0.29) is 12.0 Å². The fourth-order valence-electron chi connectivity index (χ4n) is 2.56. The van der Waals surface area contributed by atoms with Gasteiger partial charge in [-0.05, 0) is 39.5 Å². The highest BCUT2D eigenvalue weighted by molar-refractivity contribution is 9.10. The van der Waals surface area contributed by atoms with Crippen LogP contribution < -0.4 is 5.32 Å². The first-order chi connectivity index (χ1) is 11.7. The van der Waals surface area contributed by atoms with Gasteiger partial charge in [-0.1, -0.05) is 32.1 Å². The summed E-state index contributed by atoms with van der Waals surface area (Å²) in [4.78, 5) is 0. The predicted molar refractivity (Wildman–Crippen MR) is 98.4 cm³/mol. The molecule has 0 radical (unpaired) electrons. The molecule has 1 heterocycles. The number of nitrogens with one attached hydrogen (secondary N) is 1. The zero-order valence-corrected chi connectivity index (χ0v) is 15.9. The van der Waals surface area contributed by atoms with Crippen molar-refractivity contribution in [2.45, 2.75) is 33.9 Å². The Bertz CT molecular complexity index is 915. The number of fused-ring (bicyclic) bond motifs is 1. The van der Waals surface area contributed by atoms with Gasteiger partial charge in [0.15, 0.2) is 0 Å². The summed E-state index contributed by atoms with van der Waals surface area (Å²) in [7, 11) is 0. The van der Waals surface area contributed by atoms with Crippen molar-refractivity contribution in [2.24, 2.45) is 5.41 Å². The molecule has 0 amide bonds. The fraction of sp³-hybridized carbons (Fsp3) is 0.333. The molecule has 132 valence electrons. The van der Waals surface area contributed by atoms with E-state index in [1.807, 2.05) is 16.8 Å². The summed E-state index contributed by atoms with van der Waals surface area (Å²) in [5.41, 5.74) is 2.93. The first-order valence-electron chi connectivity index (χ1n) is 7.94. The minimum Gasteiger partial charge on any atom is -0.380 e. The van der Waals surface area contributed by atoms with Gasteiger partial charge in [0.25, 0.3) is 0 Å². The molecule has 1 aromatic heterocycles. The fourth-order valence-corrected chi connectivity index (χ4v) is 3.12. The summed E-state index contributed by atoms with van der Waals surface area (Å²) in [6.07, 6.45) is 0. The van der Waals surface area contributed by atoms with E-state index in [2.05, 4.69) is 52.3 Å². The third-order valence-electron chi connectivity index (χ3n) is 3.73. The quantitative estimate of drug-likeness (QED) is 0.650. The van der Waals surface area contributed by atoms with Crippen LogP contribution in [0.3, 0.4) is 0 Å². The van der Waals surface area contributed by atoms with Crippen molar-refractivity contribution in [3.63, 3.8) is 0 Å². The summed E-state index contributed by atoms with van der Waals surface area (Å²) >= 11 is 3.55. The maximum Gasteiger partial charge on any atom is 0.131 e. The smallest absolute Gasteiger partial charge is 0.131 e. The van der Waals surface area contributed by atoms with E-state index >= 15 is 0 Å². The third kappa shape index (κ3) is 3.98. The Hall–Kier alpha value is -2.02. The molecule has 7 heteroatoms. The number of halogens is 3. The zero-order chi connectivity index (χ0) is 18.2. The van der Waals surface area contributed by atoms with Crippen molar-refractivity contribution in [1.82, 2.24) is 15.0 Å². The van der Waals surface area contributed by atoms with Crippen LogP contribution in [-0.4, -0.2) is 15.0 Å². The van der Waals surface area contributed by atoms with Gasteiger partial charge in [0, 0.05) is 24.7 Å². The molecule has 2 aromatic carbocycles. The van der Waals surface area contributed by atoms with Gasteiger partial charge in [-0.25, -0.2) is 13.5 Å². The number of hydrogen-bond acceptors (Lipinski definition) is 3. The maximum absolute atomic E-state index is 13.8. The Morgan fingerprint density at radius 2 is 1.92 bits per heavy atom. The van der Waals surface area contributed by atoms with E-state index in [0.717, 1.165) is 33.8 Å². The van der Waals surface area contributed by atoms with E-state index in [4.69, 9.17) is 0 Å². The standard InChI is InChI=1S/C18H19BrF2N4/c1-18(2,3)10-25-15-7-6-14(16(19)17(15)23-24-25)22-9-11-4-5-12(20)8-13(11)21/h4-8,22H,9-10H2,1-3H3. The second kappa shape index (κ2) is 6.71. The van der Waals surface area contributed by atoms with E-state index in [0.29, 0.717) is 5.56 Å². The van der Waals surface area contributed by atoms with E-state index in [1.54, 1.807) is 0 Å². The minimum absolute atomic E-state index is 0.0874. The molecule has 0 fully saturated rings. The summed E-state index contributed by atoms with van der Waals surface area (Å²) in [5.74, 6) is -1.15. The molecule has 25 heavy (non-hydrogen) atoms. The highest BCUT2D eigenvalue weighted by Crippen LogP contribution is 2.31. The van der Waals surface area contributed by atoms with Gasteiger partial charge >= 0.3 is 0 Å².